The van der Waals surface area contributed by atoms with Crippen molar-refractivity contribution in [1.82, 2.24) is 35.1 Å². The summed E-state index contributed by atoms with van der Waals surface area (Å²) < 4.78 is 38.3. The maximum absolute atomic E-state index is 15.1. The van der Waals surface area contributed by atoms with E-state index < -0.39 is 80.8 Å². The molecule has 0 spiro atoms. The molecule has 0 bridgehead atoms. The largest absolute Gasteiger partial charge is 0.497 e. The van der Waals surface area contributed by atoms with Crippen LogP contribution in [0.3, 0.4) is 0 Å². The number of carbonyl (C=O) groups excluding carboxylic acids is 4. The Hall–Kier alpha value is -5.50. The quantitative estimate of drug-likeness (QED) is 0.110. The molecule has 0 radical (unpaired) electrons. The molecular weight excluding hydrogens is 877 g/mol. The van der Waals surface area contributed by atoms with Crippen molar-refractivity contribution in [2.45, 2.75) is 122 Å². The summed E-state index contributed by atoms with van der Waals surface area (Å²) in [5, 5.41) is 25.0. The van der Waals surface area contributed by atoms with E-state index >= 15 is 4.79 Å². The average molecular weight is 939 g/mol. The summed E-state index contributed by atoms with van der Waals surface area (Å²) in [7, 11) is -1.26. The second-order valence-corrected chi connectivity index (χ2v) is 21.7. The number of aromatic nitrogens is 2. The summed E-state index contributed by atoms with van der Waals surface area (Å²) in [6.45, 7) is 14.1. The van der Waals surface area contributed by atoms with E-state index in [9.17, 15) is 32.7 Å². The Labute approximate surface area is 384 Å². The molecule has 65 heavy (non-hydrogen) atoms. The van der Waals surface area contributed by atoms with Crippen LogP contribution in [-0.2, 0) is 29.2 Å². The highest BCUT2D eigenvalue weighted by atomic mass is 32.2. The molecule has 1 aromatic carbocycles. The first kappa shape index (κ1) is 48.9. The highest BCUT2D eigenvalue weighted by molar-refractivity contribution is 7.89. The van der Waals surface area contributed by atoms with E-state index in [0.717, 1.165) is 26.3 Å². The van der Waals surface area contributed by atoms with Gasteiger partial charge in [-0.1, -0.05) is 46.1 Å². The summed E-state index contributed by atoms with van der Waals surface area (Å²) in [5.74, 6) is -3.58. The average Bonchev–Trinajstić information content (AvgIpc) is 3.53. The number of thiazole rings is 1. The summed E-state index contributed by atoms with van der Waals surface area (Å²) in [5.41, 5.74) is -0.872. The van der Waals surface area contributed by atoms with E-state index in [1.807, 2.05) is 19.2 Å². The first-order chi connectivity index (χ1) is 30.6. The molecule has 3 aliphatic rings. The van der Waals surface area contributed by atoms with Crippen LogP contribution in [0.5, 0.6) is 11.5 Å². The number of carboxylic acids is 1. The number of urea groups is 1. The van der Waals surface area contributed by atoms with Crippen molar-refractivity contribution in [1.29, 1.82) is 0 Å². The maximum Gasteiger partial charge on any atom is 0.330 e. The number of anilines is 1. The molecule has 2 aliphatic carbocycles. The van der Waals surface area contributed by atoms with Crippen LogP contribution >= 0.6 is 11.3 Å². The zero-order chi connectivity index (χ0) is 47.6. The lowest BCUT2D eigenvalue weighted by Gasteiger charge is -2.36. The molecule has 6 rings (SSSR count). The number of methoxy groups -OCH3 is 1. The number of ether oxygens (including phenoxy) is 2. The van der Waals surface area contributed by atoms with Crippen molar-refractivity contribution >= 4 is 67.1 Å². The number of amides is 5. The zero-order valence-electron chi connectivity index (χ0n) is 38.3. The normalized spacial score (nSPS) is 22.1. The van der Waals surface area contributed by atoms with Gasteiger partial charge >= 0.3 is 12.0 Å². The van der Waals surface area contributed by atoms with Gasteiger partial charge in [0.25, 0.3) is 5.91 Å². The van der Waals surface area contributed by atoms with E-state index in [0.29, 0.717) is 56.1 Å². The molecule has 1 saturated heterocycles. The molecular formula is C45H62N8O10S2. The van der Waals surface area contributed by atoms with Gasteiger partial charge in [-0.3, -0.25) is 14.4 Å². The van der Waals surface area contributed by atoms with Crippen LogP contribution in [0, 0.1) is 17.3 Å². The monoisotopic (exact) mass is 938 g/mol. The molecule has 3 heterocycles. The fourth-order valence-corrected chi connectivity index (χ4v) is 10.2. The third kappa shape index (κ3) is 10.8. The Morgan fingerprint density at radius 2 is 1.78 bits per heavy atom. The molecule has 1 aliphatic heterocycles. The number of nitrogens with zero attached hydrogens (tertiary/aromatic N) is 4. The molecule has 5 N–H and O–H groups in total. The van der Waals surface area contributed by atoms with Gasteiger partial charge in [0.05, 0.1) is 30.6 Å². The summed E-state index contributed by atoms with van der Waals surface area (Å²) in [6.07, 6.45) is 4.48. The smallest absolute Gasteiger partial charge is 0.330 e. The molecule has 1 unspecified atom stereocenters. The molecule has 3 fully saturated rings. The Morgan fingerprint density at radius 3 is 2.38 bits per heavy atom. The van der Waals surface area contributed by atoms with E-state index in [-0.39, 0.29) is 37.1 Å². The third-order valence-electron chi connectivity index (χ3n) is 12.5. The number of rotatable bonds is 17. The van der Waals surface area contributed by atoms with Gasteiger partial charge in [0.2, 0.25) is 21.8 Å². The Balaban J connectivity index is 1.35. The predicted molar refractivity (Wildman–Crippen MR) is 247 cm³/mol. The molecule has 6 atom stereocenters. The molecule has 2 aromatic heterocycles. The minimum atomic E-state index is -3.96. The number of aliphatic carboxylic acids is 1. The predicted octanol–water partition coefficient (Wildman–Crippen LogP) is 5.15. The number of likely N-dealkylation sites (N-methyl/N-ethyl adjacent to an activating group) is 1. The van der Waals surface area contributed by atoms with Gasteiger partial charge in [-0.25, -0.2) is 32.3 Å². The number of fused-ring (bicyclic) bond motifs is 1. The number of hydrogen-bond donors (Lipinski definition) is 5. The second kappa shape index (κ2) is 19.5. The number of hydrogen-bond acceptors (Lipinski definition) is 13. The SMILES string of the molecule is C=C[C@H]1C[C@]1(NC(=O)[C@@H]1C[C@@H](Oc2cc(-c3csc(NC(C)C)n3)nc3cc(OC)ccc23)CN1C(=O)[C@@H](NC(=O)NC(C(=O)N(C)S(=O)(=O)CC)C(C)(C)C)C1CCCCC1)C(=O)O. The van der Waals surface area contributed by atoms with E-state index in [4.69, 9.17) is 19.4 Å². The fraction of sp³-hybridized carbons (Fsp3) is 0.578. The molecule has 20 heteroatoms. The van der Waals surface area contributed by atoms with Crippen LogP contribution in [0.2, 0.25) is 0 Å². The Morgan fingerprint density at radius 1 is 1.08 bits per heavy atom. The van der Waals surface area contributed by atoms with Crippen molar-refractivity contribution in [2.75, 3.05) is 31.8 Å². The van der Waals surface area contributed by atoms with Gasteiger partial charge in [-0.15, -0.1) is 17.9 Å². The van der Waals surface area contributed by atoms with Gasteiger partial charge in [-0.2, -0.15) is 0 Å². The van der Waals surface area contributed by atoms with E-state index in [1.165, 1.54) is 29.2 Å². The van der Waals surface area contributed by atoms with Crippen LogP contribution in [-0.4, -0.2) is 125 Å². The highest BCUT2D eigenvalue weighted by Crippen LogP contribution is 2.45. The third-order valence-corrected chi connectivity index (χ3v) is 15.0. The van der Waals surface area contributed by atoms with Crippen LogP contribution in [0.1, 0.15) is 86.5 Å². The van der Waals surface area contributed by atoms with Gasteiger partial charge < -0.3 is 40.7 Å². The number of carbonyl (C=O) groups is 5. The van der Waals surface area contributed by atoms with Crippen LogP contribution in [0.15, 0.2) is 42.3 Å². The second-order valence-electron chi connectivity index (χ2n) is 18.5. The zero-order valence-corrected chi connectivity index (χ0v) is 39.9. The van der Waals surface area contributed by atoms with Crippen LogP contribution < -0.4 is 30.7 Å². The maximum atomic E-state index is 15.1. The Kier molecular flexibility index (Phi) is 14.7. The summed E-state index contributed by atoms with van der Waals surface area (Å²) in [6, 6.07) is 2.70. The lowest BCUT2D eigenvalue weighted by Crippen LogP contribution is -2.62. The van der Waals surface area contributed by atoms with E-state index in [1.54, 1.807) is 52.1 Å². The van der Waals surface area contributed by atoms with E-state index in [2.05, 4.69) is 27.8 Å². The number of carboxylic acid groups (broad SMARTS) is 1. The van der Waals surface area contributed by atoms with Crippen molar-refractivity contribution in [3.05, 3.63) is 42.3 Å². The molecule has 2 saturated carbocycles. The van der Waals surface area contributed by atoms with Gasteiger partial charge in [0, 0.05) is 48.3 Å². The Bertz CT molecular complexity index is 2410. The first-order valence-electron chi connectivity index (χ1n) is 22.1. The van der Waals surface area contributed by atoms with Gasteiger partial charge in [-0.05, 0) is 63.5 Å². The number of nitrogens with one attached hydrogen (secondary N) is 4. The summed E-state index contributed by atoms with van der Waals surface area (Å²) in [4.78, 5) is 80.8. The molecule has 3 aromatic rings. The first-order valence-corrected chi connectivity index (χ1v) is 24.5. The van der Waals surface area contributed by atoms with Crippen molar-refractivity contribution < 1.29 is 47.0 Å². The van der Waals surface area contributed by atoms with Crippen LogP contribution in [0.25, 0.3) is 22.3 Å². The molecule has 5 amide bonds. The number of benzene rings is 1. The number of pyridine rings is 1. The highest BCUT2D eigenvalue weighted by Gasteiger charge is 2.61. The fourth-order valence-electron chi connectivity index (χ4n) is 8.61. The molecule has 18 nitrogen and oxygen atoms in total. The standard InChI is InChI=1S/C45H62N8O10S2/c1-10-27-22-45(27,41(57)58)51-38(54)34-20-29(63-35-21-32(33-24-64-43(48-33)46-25(3)4)47-31-19-28(62-9)17-18-30(31)35)23-53(34)39(55)36(26-15-13-12-14-16-26)49-42(59)50-37(44(5,6)7)40(56)52(8)65(60,61)11-2/h10,17-19,21,24-27,29,34,36-37H,1,11-16,20,22-23H2,2-9H3,(H,46,48)(H,51,54)(H,57,58)(H2,49,50,59)/t27-,29+,34-,36-,37?,45+/m0/s1. The number of likely N-dealkylation sites (tertiary alicyclic amines) is 1. The van der Waals surface area contributed by atoms with Crippen molar-refractivity contribution in [3.8, 4) is 22.9 Å². The summed E-state index contributed by atoms with van der Waals surface area (Å²) >= 11 is 1.43. The lowest BCUT2D eigenvalue weighted by molar-refractivity contribution is -0.146. The van der Waals surface area contributed by atoms with Crippen molar-refractivity contribution in [3.63, 3.8) is 0 Å². The molecule has 354 valence electrons. The van der Waals surface area contributed by atoms with Crippen LogP contribution in [0.4, 0.5) is 9.93 Å². The minimum absolute atomic E-state index is 0.0249. The number of sulfonamides is 1. The van der Waals surface area contributed by atoms with Gasteiger partial charge in [0.1, 0.15) is 47.0 Å². The lowest BCUT2D eigenvalue weighted by atomic mass is 9.83. The van der Waals surface area contributed by atoms with Gasteiger partial charge in [0.15, 0.2) is 5.13 Å². The minimum Gasteiger partial charge on any atom is -0.497 e. The van der Waals surface area contributed by atoms with Crippen molar-refractivity contribution in [2.24, 2.45) is 17.3 Å². The topological polar surface area (TPSA) is 239 Å².